The maximum absolute atomic E-state index is 9.45. The monoisotopic (exact) mass is 299 g/mol. The zero-order valence-corrected chi connectivity index (χ0v) is 11.8. The summed E-state index contributed by atoms with van der Waals surface area (Å²) in [4.78, 5) is 2.39. The summed E-state index contributed by atoms with van der Waals surface area (Å²) < 4.78 is 6.46. The number of phenols is 1. The molecule has 2 atom stereocenters. The Bertz CT molecular complexity index is 387. The first-order chi connectivity index (χ1) is 8.04. The van der Waals surface area contributed by atoms with Crippen molar-refractivity contribution < 1.29 is 9.84 Å². The summed E-state index contributed by atoms with van der Waals surface area (Å²) in [7, 11) is 0. The maximum Gasteiger partial charge on any atom is 0.129 e. The van der Waals surface area contributed by atoms with Crippen LogP contribution in [0.3, 0.4) is 0 Å². The second-order valence-electron chi connectivity index (χ2n) is 4.74. The van der Waals surface area contributed by atoms with E-state index in [1.54, 1.807) is 6.07 Å². The molecule has 0 bridgehead atoms. The minimum Gasteiger partial charge on any atom is -0.507 e. The number of hydrogen-bond donors (Lipinski definition) is 1. The smallest absolute Gasteiger partial charge is 0.129 e. The van der Waals surface area contributed by atoms with E-state index in [1.165, 1.54) is 5.56 Å². The molecule has 94 valence electrons. The van der Waals surface area contributed by atoms with Crippen LogP contribution in [0.4, 0.5) is 0 Å². The van der Waals surface area contributed by atoms with E-state index in [1.807, 2.05) is 12.1 Å². The maximum atomic E-state index is 9.45. The zero-order chi connectivity index (χ0) is 12.4. The van der Waals surface area contributed by atoms with Crippen LogP contribution < -0.4 is 0 Å². The van der Waals surface area contributed by atoms with Crippen LogP contribution in [-0.4, -0.2) is 35.3 Å². The second-order valence-corrected chi connectivity index (χ2v) is 5.59. The van der Waals surface area contributed by atoms with Crippen molar-refractivity contribution in [2.75, 3.05) is 13.1 Å². The fourth-order valence-corrected chi connectivity index (χ4v) is 2.75. The molecular formula is C13H18BrNO2. The highest BCUT2D eigenvalue weighted by atomic mass is 79.9. The molecule has 0 amide bonds. The molecule has 0 aromatic heterocycles. The molecule has 1 saturated heterocycles. The molecule has 1 aromatic rings. The lowest BCUT2D eigenvalue weighted by molar-refractivity contribution is -0.0704. The first-order valence-electron chi connectivity index (χ1n) is 5.90. The molecule has 0 radical (unpaired) electrons. The molecule has 0 aliphatic carbocycles. The SMILES string of the molecule is C[C@@H]1CN(Cc2ccc(O)c(Br)c2)C[C@H](C)O1. The van der Waals surface area contributed by atoms with Gasteiger partial charge in [0.05, 0.1) is 16.7 Å². The van der Waals surface area contributed by atoms with Crippen molar-refractivity contribution in [2.45, 2.75) is 32.6 Å². The van der Waals surface area contributed by atoms with Crippen LogP contribution in [-0.2, 0) is 11.3 Å². The normalized spacial score (nSPS) is 26.1. The van der Waals surface area contributed by atoms with Gasteiger partial charge >= 0.3 is 0 Å². The minimum absolute atomic E-state index is 0.289. The van der Waals surface area contributed by atoms with Gasteiger partial charge in [0.25, 0.3) is 0 Å². The van der Waals surface area contributed by atoms with Gasteiger partial charge in [-0.05, 0) is 47.5 Å². The van der Waals surface area contributed by atoms with Gasteiger partial charge in [0.2, 0.25) is 0 Å². The lowest BCUT2D eigenvalue weighted by Crippen LogP contribution is -2.44. The number of nitrogens with zero attached hydrogens (tertiary/aromatic N) is 1. The molecule has 0 spiro atoms. The topological polar surface area (TPSA) is 32.7 Å². The van der Waals surface area contributed by atoms with Crippen LogP contribution >= 0.6 is 15.9 Å². The molecule has 0 unspecified atom stereocenters. The summed E-state index contributed by atoms with van der Waals surface area (Å²) in [6.07, 6.45) is 0.582. The number of morpholine rings is 1. The van der Waals surface area contributed by atoms with Crippen molar-refractivity contribution in [3.8, 4) is 5.75 Å². The summed E-state index contributed by atoms with van der Waals surface area (Å²) in [5.41, 5.74) is 1.20. The molecule has 17 heavy (non-hydrogen) atoms. The Labute approximate surface area is 111 Å². The molecule has 3 nitrogen and oxygen atoms in total. The predicted molar refractivity (Wildman–Crippen MR) is 71.1 cm³/mol. The fraction of sp³-hybridized carbons (Fsp3) is 0.538. The highest BCUT2D eigenvalue weighted by Gasteiger charge is 2.22. The van der Waals surface area contributed by atoms with E-state index in [0.29, 0.717) is 12.2 Å². The van der Waals surface area contributed by atoms with Gasteiger partial charge in [0.15, 0.2) is 0 Å². The average molecular weight is 300 g/mol. The Morgan fingerprint density at radius 3 is 2.59 bits per heavy atom. The predicted octanol–water partition coefficient (Wildman–Crippen LogP) is 2.76. The molecular weight excluding hydrogens is 282 g/mol. The Kier molecular flexibility index (Phi) is 4.07. The van der Waals surface area contributed by atoms with Crippen molar-refractivity contribution >= 4 is 15.9 Å². The third kappa shape index (κ3) is 3.44. The zero-order valence-electron chi connectivity index (χ0n) is 10.2. The average Bonchev–Trinajstić information content (AvgIpc) is 2.22. The van der Waals surface area contributed by atoms with Crippen LogP contribution in [0.15, 0.2) is 22.7 Å². The van der Waals surface area contributed by atoms with Crippen LogP contribution in [0.1, 0.15) is 19.4 Å². The number of halogens is 1. The van der Waals surface area contributed by atoms with Gasteiger partial charge in [-0.3, -0.25) is 4.90 Å². The lowest BCUT2D eigenvalue weighted by Gasteiger charge is -2.35. The minimum atomic E-state index is 0.289. The quantitative estimate of drug-likeness (QED) is 0.911. The molecule has 2 rings (SSSR count). The van der Waals surface area contributed by atoms with Gasteiger partial charge in [-0.1, -0.05) is 6.07 Å². The fourth-order valence-electron chi connectivity index (χ4n) is 2.32. The molecule has 1 aliphatic rings. The van der Waals surface area contributed by atoms with Gasteiger partial charge in [-0.15, -0.1) is 0 Å². The molecule has 1 aliphatic heterocycles. The number of rotatable bonds is 2. The number of ether oxygens (including phenoxy) is 1. The molecule has 1 fully saturated rings. The first-order valence-corrected chi connectivity index (χ1v) is 6.69. The molecule has 0 saturated carbocycles. The van der Waals surface area contributed by atoms with Crippen LogP contribution in [0, 0.1) is 0 Å². The Balaban J connectivity index is 2.02. The number of phenolic OH excluding ortho intramolecular Hbond substituents is 1. The highest BCUT2D eigenvalue weighted by molar-refractivity contribution is 9.10. The standard InChI is InChI=1S/C13H18BrNO2/c1-9-6-15(7-10(2)17-9)8-11-3-4-13(16)12(14)5-11/h3-5,9-10,16H,6-8H2,1-2H3/t9-,10+. The van der Waals surface area contributed by atoms with E-state index in [-0.39, 0.29) is 5.75 Å². The third-order valence-corrected chi connectivity index (χ3v) is 3.55. The Hall–Kier alpha value is -0.580. The Morgan fingerprint density at radius 2 is 2.00 bits per heavy atom. The second kappa shape index (κ2) is 5.38. The van der Waals surface area contributed by atoms with E-state index in [0.717, 1.165) is 24.1 Å². The third-order valence-electron chi connectivity index (χ3n) is 2.91. The highest BCUT2D eigenvalue weighted by Crippen LogP contribution is 2.25. The van der Waals surface area contributed by atoms with Crippen LogP contribution in [0.2, 0.25) is 0 Å². The number of hydrogen-bond acceptors (Lipinski definition) is 3. The van der Waals surface area contributed by atoms with Gasteiger partial charge in [-0.25, -0.2) is 0 Å². The molecule has 1 aromatic carbocycles. The summed E-state index contributed by atoms with van der Waals surface area (Å²) >= 11 is 3.34. The largest absolute Gasteiger partial charge is 0.507 e. The lowest BCUT2D eigenvalue weighted by atomic mass is 10.1. The van der Waals surface area contributed by atoms with E-state index >= 15 is 0 Å². The number of aromatic hydroxyl groups is 1. The van der Waals surface area contributed by atoms with Crippen molar-refractivity contribution in [1.82, 2.24) is 4.90 Å². The van der Waals surface area contributed by atoms with Crippen molar-refractivity contribution in [1.29, 1.82) is 0 Å². The van der Waals surface area contributed by atoms with Crippen LogP contribution in [0.5, 0.6) is 5.75 Å². The summed E-state index contributed by atoms with van der Waals surface area (Å²) in [5, 5.41) is 9.45. The van der Waals surface area contributed by atoms with Gasteiger partial charge in [0.1, 0.15) is 5.75 Å². The van der Waals surface area contributed by atoms with E-state index in [4.69, 9.17) is 4.74 Å². The molecule has 1 heterocycles. The van der Waals surface area contributed by atoms with Gasteiger partial charge in [-0.2, -0.15) is 0 Å². The first kappa shape index (κ1) is 12.9. The van der Waals surface area contributed by atoms with E-state index < -0.39 is 0 Å². The molecule has 1 N–H and O–H groups in total. The Morgan fingerprint density at radius 1 is 1.35 bits per heavy atom. The van der Waals surface area contributed by atoms with Gasteiger partial charge in [0, 0.05) is 19.6 Å². The van der Waals surface area contributed by atoms with Gasteiger partial charge < -0.3 is 9.84 Å². The van der Waals surface area contributed by atoms with Crippen molar-refractivity contribution in [3.63, 3.8) is 0 Å². The number of benzene rings is 1. The van der Waals surface area contributed by atoms with Crippen molar-refractivity contribution in [3.05, 3.63) is 28.2 Å². The molecule has 4 heteroatoms. The summed E-state index contributed by atoms with van der Waals surface area (Å²) in [6.45, 7) is 7.04. The van der Waals surface area contributed by atoms with Crippen LogP contribution in [0.25, 0.3) is 0 Å². The van der Waals surface area contributed by atoms with E-state index in [2.05, 4.69) is 34.7 Å². The van der Waals surface area contributed by atoms with E-state index in [9.17, 15) is 5.11 Å². The summed E-state index contributed by atoms with van der Waals surface area (Å²) in [6, 6.07) is 5.66. The van der Waals surface area contributed by atoms with Crippen molar-refractivity contribution in [2.24, 2.45) is 0 Å². The summed E-state index contributed by atoms with van der Waals surface area (Å²) in [5.74, 6) is 0.289.